The number of benzene rings is 1. The van der Waals surface area contributed by atoms with Crippen molar-refractivity contribution in [1.82, 2.24) is 0 Å². The molecule has 1 aromatic carbocycles. The Morgan fingerprint density at radius 1 is 1.23 bits per heavy atom. The lowest BCUT2D eigenvalue weighted by atomic mass is 10.1. The van der Waals surface area contributed by atoms with Crippen LogP contribution in [0.25, 0.3) is 5.76 Å². The van der Waals surface area contributed by atoms with E-state index in [9.17, 15) is 15.0 Å². The molecule has 0 bridgehead atoms. The van der Waals surface area contributed by atoms with Crippen LogP contribution in [0.2, 0.25) is 0 Å². The van der Waals surface area contributed by atoms with Gasteiger partial charge in [-0.1, -0.05) is 13.8 Å². The highest BCUT2D eigenvalue weighted by Crippen LogP contribution is 2.36. The van der Waals surface area contributed by atoms with Crippen molar-refractivity contribution in [3.8, 4) is 11.5 Å². The summed E-state index contributed by atoms with van der Waals surface area (Å²) in [6.45, 7) is 3.60. The van der Waals surface area contributed by atoms with E-state index in [4.69, 9.17) is 14.2 Å². The molecule has 1 aromatic rings. The first-order chi connectivity index (χ1) is 12.3. The summed E-state index contributed by atoms with van der Waals surface area (Å²) in [5, 5.41) is 20.1. The molecular formula is C18H24BrNO6. The van der Waals surface area contributed by atoms with E-state index in [0.29, 0.717) is 16.0 Å². The number of esters is 1. The van der Waals surface area contributed by atoms with Crippen LogP contribution in [0, 0.1) is 5.92 Å². The van der Waals surface area contributed by atoms with Crippen LogP contribution in [-0.4, -0.2) is 56.4 Å². The van der Waals surface area contributed by atoms with Gasteiger partial charge < -0.3 is 24.4 Å². The quantitative estimate of drug-likeness (QED) is 0.285. The maximum absolute atomic E-state index is 12.1. The van der Waals surface area contributed by atoms with E-state index in [1.807, 2.05) is 13.8 Å². The van der Waals surface area contributed by atoms with Crippen molar-refractivity contribution in [3.05, 3.63) is 27.7 Å². The van der Waals surface area contributed by atoms with Crippen LogP contribution in [0.1, 0.15) is 19.4 Å². The Balaban J connectivity index is 3.52. The highest BCUT2D eigenvalue weighted by molar-refractivity contribution is 9.10. The van der Waals surface area contributed by atoms with E-state index in [2.05, 4.69) is 20.9 Å². The van der Waals surface area contributed by atoms with Crippen molar-refractivity contribution in [2.75, 3.05) is 27.9 Å². The minimum atomic E-state index is -0.763. The number of hydrogen-bond acceptors (Lipinski definition) is 7. The largest absolute Gasteiger partial charge is 0.506 e. The minimum Gasteiger partial charge on any atom is -0.506 e. The van der Waals surface area contributed by atoms with Crippen molar-refractivity contribution in [1.29, 1.82) is 0 Å². The summed E-state index contributed by atoms with van der Waals surface area (Å²) < 4.78 is 15.8. The summed E-state index contributed by atoms with van der Waals surface area (Å²) in [4.78, 5) is 16.3. The molecule has 0 spiro atoms. The van der Waals surface area contributed by atoms with Gasteiger partial charge in [-0.05, 0) is 27.9 Å². The fourth-order valence-corrected chi connectivity index (χ4v) is 2.62. The Morgan fingerprint density at radius 2 is 1.85 bits per heavy atom. The molecule has 144 valence electrons. The van der Waals surface area contributed by atoms with Crippen molar-refractivity contribution >= 4 is 33.9 Å². The lowest BCUT2D eigenvalue weighted by Crippen LogP contribution is -2.19. The first-order valence-corrected chi connectivity index (χ1v) is 8.67. The van der Waals surface area contributed by atoms with E-state index >= 15 is 0 Å². The van der Waals surface area contributed by atoms with Gasteiger partial charge in [0.2, 0.25) is 0 Å². The Morgan fingerprint density at radius 3 is 2.31 bits per heavy atom. The van der Waals surface area contributed by atoms with Crippen molar-refractivity contribution < 1.29 is 29.2 Å². The number of nitrogens with zero attached hydrogens (tertiary/aromatic N) is 1. The number of carbonyl (C=O) groups is 1. The molecule has 0 amide bonds. The third-order valence-corrected chi connectivity index (χ3v) is 4.36. The van der Waals surface area contributed by atoms with E-state index < -0.39 is 12.0 Å². The Kier molecular flexibility index (Phi) is 8.60. The number of halogens is 1. The highest BCUT2D eigenvalue weighted by Gasteiger charge is 2.21. The van der Waals surface area contributed by atoms with Gasteiger partial charge >= 0.3 is 5.97 Å². The summed E-state index contributed by atoms with van der Waals surface area (Å²) in [7, 11) is 4.14. The smallest absolute Gasteiger partial charge is 0.343 e. The normalized spacial score (nSPS) is 13.5. The molecule has 0 saturated carbocycles. The van der Waals surface area contributed by atoms with Gasteiger partial charge in [0.1, 0.15) is 22.8 Å². The number of carbonyl (C=O) groups excluding carboxylic acids is 1. The molecule has 0 aliphatic carbocycles. The number of hydrogen-bond donors (Lipinski definition) is 2. The Labute approximate surface area is 161 Å². The molecule has 8 heteroatoms. The van der Waals surface area contributed by atoms with Gasteiger partial charge in [-0.25, -0.2) is 4.79 Å². The van der Waals surface area contributed by atoms with Crippen LogP contribution in [-0.2, 0) is 9.53 Å². The molecule has 1 unspecified atom stereocenters. The van der Waals surface area contributed by atoms with Crippen LogP contribution in [0.15, 0.2) is 27.2 Å². The van der Waals surface area contributed by atoms with Crippen molar-refractivity contribution in [3.63, 3.8) is 0 Å². The van der Waals surface area contributed by atoms with Crippen LogP contribution in [0.5, 0.6) is 11.5 Å². The maximum atomic E-state index is 12.1. The fraction of sp³-hybridized carbons (Fsp3) is 0.444. The van der Waals surface area contributed by atoms with Gasteiger partial charge in [0.25, 0.3) is 0 Å². The lowest BCUT2D eigenvalue weighted by Gasteiger charge is -2.15. The molecule has 0 heterocycles. The number of ether oxygens (including phenoxy) is 3. The van der Waals surface area contributed by atoms with Crippen molar-refractivity contribution in [2.45, 2.75) is 19.9 Å². The fourth-order valence-electron chi connectivity index (χ4n) is 2.11. The van der Waals surface area contributed by atoms with E-state index in [-0.39, 0.29) is 29.4 Å². The summed E-state index contributed by atoms with van der Waals surface area (Å²) in [6, 6.07) is 2.73. The molecule has 0 aliphatic rings. The summed E-state index contributed by atoms with van der Waals surface area (Å²) in [5.74, 6) is -0.254. The van der Waals surface area contributed by atoms with Gasteiger partial charge in [0, 0.05) is 12.3 Å². The average Bonchev–Trinajstić information content (AvgIpc) is 2.63. The third-order valence-electron chi connectivity index (χ3n) is 3.74. The molecule has 0 fully saturated rings. The van der Waals surface area contributed by atoms with Gasteiger partial charge in [-0.3, -0.25) is 4.99 Å². The highest BCUT2D eigenvalue weighted by atomic mass is 79.9. The zero-order chi connectivity index (χ0) is 19.9. The molecule has 26 heavy (non-hydrogen) atoms. The Bertz CT molecular complexity index is 699. The third kappa shape index (κ3) is 5.22. The standard InChI is InChI=1S/C18H24BrNO6/c1-10(2)14(9-21)20-8-12(18(23)26-5)17(22)11-6-13(19)16(25-4)7-15(11)24-3/h6-8,10,14,21-22H,9H2,1-5H3. The van der Waals surface area contributed by atoms with Gasteiger partial charge in [0.05, 0.1) is 44.0 Å². The van der Waals surface area contributed by atoms with Gasteiger partial charge in [-0.15, -0.1) is 0 Å². The first-order valence-electron chi connectivity index (χ1n) is 7.88. The zero-order valence-corrected chi connectivity index (χ0v) is 17.0. The molecule has 7 nitrogen and oxygen atoms in total. The molecule has 1 atom stereocenters. The van der Waals surface area contributed by atoms with Gasteiger partial charge in [-0.2, -0.15) is 0 Å². The molecular weight excluding hydrogens is 406 g/mol. The number of aliphatic hydroxyl groups excluding tert-OH is 2. The van der Waals surface area contributed by atoms with Gasteiger partial charge in [0.15, 0.2) is 0 Å². The van der Waals surface area contributed by atoms with E-state index in [1.54, 1.807) is 12.1 Å². The van der Waals surface area contributed by atoms with E-state index in [0.717, 1.165) is 0 Å². The number of methoxy groups -OCH3 is 3. The first kappa shape index (κ1) is 22.0. The molecule has 2 N–H and O–H groups in total. The predicted molar refractivity (Wildman–Crippen MR) is 103 cm³/mol. The zero-order valence-electron chi connectivity index (χ0n) is 15.4. The monoisotopic (exact) mass is 429 g/mol. The maximum Gasteiger partial charge on any atom is 0.343 e. The molecule has 0 radical (unpaired) electrons. The van der Waals surface area contributed by atoms with Crippen LogP contribution >= 0.6 is 15.9 Å². The van der Waals surface area contributed by atoms with Crippen molar-refractivity contribution in [2.24, 2.45) is 10.9 Å². The topological polar surface area (TPSA) is 97.6 Å². The van der Waals surface area contributed by atoms with Crippen LogP contribution in [0.3, 0.4) is 0 Å². The molecule has 1 rings (SSSR count). The second-order valence-electron chi connectivity index (χ2n) is 5.71. The Hall–Kier alpha value is -2.06. The number of aliphatic imine (C=N–C) groups is 1. The second kappa shape index (κ2) is 10.2. The number of rotatable bonds is 8. The molecule has 0 saturated heterocycles. The number of aliphatic hydroxyl groups is 2. The second-order valence-corrected chi connectivity index (χ2v) is 6.57. The summed E-state index contributed by atoms with van der Waals surface area (Å²) >= 11 is 3.34. The lowest BCUT2D eigenvalue weighted by molar-refractivity contribution is -0.135. The SMILES string of the molecule is COC(=O)C(C=NC(CO)C(C)C)=C(O)c1cc(Br)c(OC)cc1OC. The minimum absolute atomic E-state index is 0.0574. The summed E-state index contributed by atoms with van der Waals surface area (Å²) in [6.07, 6.45) is 1.21. The van der Waals surface area contributed by atoms with Crippen LogP contribution in [0.4, 0.5) is 0 Å². The molecule has 0 aromatic heterocycles. The predicted octanol–water partition coefficient (Wildman–Crippen LogP) is 3.00. The molecule has 0 aliphatic heterocycles. The van der Waals surface area contributed by atoms with E-state index in [1.165, 1.54) is 27.5 Å². The average molecular weight is 430 g/mol. The summed E-state index contributed by atoms with van der Waals surface area (Å²) in [5.41, 5.74) is 0.110. The van der Waals surface area contributed by atoms with Crippen LogP contribution < -0.4 is 9.47 Å².